The molecule has 3 amide bonds. The fraction of sp³-hybridized carbons (Fsp3) is 0.737. The molecule has 0 spiro atoms. The van der Waals surface area contributed by atoms with E-state index in [9.17, 15) is 29.1 Å². The molecule has 0 aliphatic rings. The molecule has 10 N–H and O–H groups in total. The van der Waals surface area contributed by atoms with Crippen LogP contribution in [0.4, 0.5) is 0 Å². The molecule has 0 saturated heterocycles. The molecule has 0 bridgehead atoms. The minimum Gasteiger partial charge on any atom is -0.481 e. The first-order valence-electron chi connectivity index (χ1n) is 10.4. The molecule has 0 aliphatic carbocycles. The Kier molecular flexibility index (Phi) is 13.8. The molecule has 5 atom stereocenters. The Labute approximate surface area is 186 Å². The predicted molar refractivity (Wildman–Crippen MR) is 113 cm³/mol. The molecule has 0 aromatic heterocycles. The van der Waals surface area contributed by atoms with E-state index in [0.717, 1.165) is 0 Å². The normalized spacial score (nSPS) is 15.5. The molecule has 0 rings (SSSR count). The molecular formula is C19H35N5O8. The van der Waals surface area contributed by atoms with Crippen LogP contribution in [0.1, 0.15) is 46.0 Å². The van der Waals surface area contributed by atoms with Crippen LogP contribution in [0.3, 0.4) is 0 Å². The fourth-order valence-corrected chi connectivity index (χ4v) is 2.71. The van der Waals surface area contributed by atoms with Gasteiger partial charge in [-0.05, 0) is 31.7 Å². The van der Waals surface area contributed by atoms with Crippen molar-refractivity contribution in [3.63, 3.8) is 0 Å². The highest BCUT2D eigenvalue weighted by molar-refractivity contribution is 5.95. The van der Waals surface area contributed by atoms with Gasteiger partial charge in [0.05, 0.1) is 13.0 Å². The SMILES string of the molecule is CCC(C)C(NC(=O)C(CC(=O)O)NC(=O)C(N)CO)C(=O)NC(CCCCN)C(=O)O. The van der Waals surface area contributed by atoms with E-state index in [4.69, 9.17) is 21.7 Å². The number of carboxylic acids is 2. The van der Waals surface area contributed by atoms with Crippen LogP contribution in [0.25, 0.3) is 0 Å². The summed E-state index contributed by atoms with van der Waals surface area (Å²) in [6.45, 7) is 3.07. The van der Waals surface area contributed by atoms with Crippen LogP contribution in [0, 0.1) is 5.92 Å². The third kappa shape index (κ3) is 10.5. The number of aliphatic hydroxyl groups is 1. The highest BCUT2D eigenvalue weighted by atomic mass is 16.4. The van der Waals surface area contributed by atoms with E-state index in [2.05, 4.69) is 16.0 Å². The lowest BCUT2D eigenvalue weighted by molar-refractivity contribution is -0.143. The van der Waals surface area contributed by atoms with Gasteiger partial charge in [-0.15, -0.1) is 0 Å². The molecule has 32 heavy (non-hydrogen) atoms. The van der Waals surface area contributed by atoms with Crippen molar-refractivity contribution in [2.45, 2.75) is 70.1 Å². The zero-order valence-corrected chi connectivity index (χ0v) is 18.4. The standard InChI is InChI=1S/C19H35N5O8/c1-3-10(2)15(18(30)22-12(19(31)32)6-4-5-7-20)24-17(29)13(8-14(26)27)23-16(28)11(21)9-25/h10-13,15,25H,3-9,20-21H2,1-2H3,(H,22,30)(H,23,28)(H,24,29)(H,26,27)(H,31,32). The summed E-state index contributed by atoms with van der Waals surface area (Å²) in [5, 5.41) is 34.3. The summed E-state index contributed by atoms with van der Waals surface area (Å²) in [7, 11) is 0. The van der Waals surface area contributed by atoms with E-state index in [0.29, 0.717) is 25.8 Å². The molecule has 0 fully saturated rings. The topological polar surface area (TPSA) is 234 Å². The number of carbonyl (C=O) groups excluding carboxylic acids is 3. The van der Waals surface area contributed by atoms with Crippen molar-refractivity contribution >= 4 is 29.7 Å². The van der Waals surface area contributed by atoms with Crippen molar-refractivity contribution in [3.8, 4) is 0 Å². The zero-order chi connectivity index (χ0) is 24.8. The average Bonchev–Trinajstić information content (AvgIpc) is 2.74. The summed E-state index contributed by atoms with van der Waals surface area (Å²) in [5.74, 6) is -5.71. The smallest absolute Gasteiger partial charge is 0.326 e. The minimum absolute atomic E-state index is 0.149. The maximum absolute atomic E-state index is 12.8. The lowest BCUT2D eigenvalue weighted by atomic mass is 9.97. The van der Waals surface area contributed by atoms with Gasteiger partial charge < -0.3 is 42.7 Å². The summed E-state index contributed by atoms with van der Waals surface area (Å²) in [6, 6.07) is -5.28. The lowest BCUT2D eigenvalue weighted by Gasteiger charge is -2.27. The number of carbonyl (C=O) groups is 5. The number of nitrogens with one attached hydrogen (secondary N) is 3. The molecule has 0 aromatic rings. The Morgan fingerprint density at radius 3 is 1.97 bits per heavy atom. The third-order valence-corrected chi connectivity index (χ3v) is 4.90. The van der Waals surface area contributed by atoms with Crippen LogP contribution in [-0.2, 0) is 24.0 Å². The summed E-state index contributed by atoms with van der Waals surface area (Å²) < 4.78 is 0. The van der Waals surface area contributed by atoms with Gasteiger partial charge in [-0.2, -0.15) is 0 Å². The number of unbranched alkanes of at least 4 members (excludes halogenated alkanes) is 1. The molecule has 13 heteroatoms. The van der Waals surface area contributed by atoms with E-state index in [1.165, 1.54) is 0 Å². The Morgan fingerprint density at radius 1 is 0.906 bits per heavy atom. The van der Waals surface area contributed by atoms with E-state index in [-0.39, 0.29) is 6.42 Å². The molecule has 0 radical (unpaired) electrons. The fourth-order valence-electron chi connectivity index (χ4n) is 2.71. The van der Waals surface area contributed by atoms with E-state index < -0.39 is 72.8 Å². The second kappa shape index (κ2) is 15.1. The van der Waals surface area contributed by atoms with Crippen LogP contribution in [0.15, 0.2) is 0 Å². The second-order valence-corrected chi connectivity index (χ2v) is 7.50. The van der Waals surface area contributed by atoms with Crippen molar-refractivity contribution < 1.29 is 39.3 Å². The Balaban J connectivity index is 5.47. The van der Waals surface area contributed by atoms with Gasteiger partial charge in [0.1, 0.15) is 24.2 Å². The van der Waals surface area contributed by atoms with Crippen molar-refractivity contribution in [3.05, 3.63) is 0 Å². The number of aliphatic hydroxyl groups excluding tert-OH is 1. The largest absolute Gasteiger partial charge is 0.481 e. The molecule has 13 nitrogen and oxygen atoms in total. The van der Waals surface area contributed by atoms with Gasteiger partial charge >= 0.3 is 11.9 Å². The number of hydrogen-bond acceptors (Lipinski definition) is 8. The number of rotatable bonds is 16. The van der Waals surface area contributed by atoms with Gasteiger partial charge in [-0.1, -0.05) is 20.3 Å². The molecule has 184 valence electrons. The molecule has 0 aliphatic heterocycles. The Hall–Kier alpha value is -2.77. The number of carboxylic acid groups (broad SMARTS) is 2. The van der Waals surface area contributed by atoms with Gasteiger partial charge in [-0.3, -0.25) is 19.2 Å². The molecular weight excluding hydrogens is 426 g/mol. The number of hydrogen-bond donors (Lipinski definition) is 8. The molecule has 5 unspecified atom stereocenters. The maximum Gasteiger partial charge on any atom is 0.326 e. The summed E-state index contributed by atoms with van der Waals surface area (Å²) >= 11 is 0. The van der Waals surface area contributed by atoms with Crippen LogP contribution < -0.4 is 27.4 Å². The monoisotopic (exact) mass is 461 g/mol. The molecule has 0 heterocycles. The van der Waals surface area contributed by atoms with E-state index in [1.807, 2.05) is 0 Å². The van der Waals surface area contributed by atoms with Crippen LogP contribution in [-0.4, -0.2) is 82.3 Å². The Bertz CT molecular complexity index is 660. The highest BCUT2D eigenvalue weighted by Crippen LogP contribution is 2.11. The summed E-state index contributed by atoms with van der Waals surface area (Å²) in [5.41, 5.74) is 10.8. The summed E-state index contributed by atoms with van der Waals surface area (Å²) in [6.07, 6.45) is 0.857. The van der Waals surface area contributed by atoms with Gasteiger partial charge in [0.25, 0.3) is 0 Å². The van der Waals surface area contributed by atoms with Gasteiger partial charge in [-0.25, -0.2) is 4.79 Å². The van der Waals surface area contributed by atoms with Crippen molar-refractivity contribution in [2.24, 2.45) is 17.4 Å². The van der Waals surface area contributed by atoms with Crippen LogP contribution in [0.5, 0.6) is 0 Å². The summed E-state index contributed by atoms with van der Waals surface area (Å²) in [4.78, 5) is 60.0. The maximum atomic E-state index is 12.8. The third-order valence-electron chi connectivity index (χ3n) is 4.90. The first kappa shape index (κ1) is 29.2. The lowest BCUT2D eigenvalue weighted by Crippen LogP contribution is -2.59. The van der Waals surface area contributed by atoms with E-state index in [1.54, 1.807) is 13.8 Å². The molecule has 0 aromatic carbocycles. The predicted octanol–water partition coefficient (Wildman–Crippen LogP) is -2.51. The van der Waals surface area contributed by atoms with Crippen LogP contribution in [0.2, 0.25) is 0 Å². The van der Waals surface area contributed by atoms with Crippen molar-refractivity contribution in [1.29, 1.82) is 0 Å². The Morgan fingerprint density at radius 2 is 1.50 bits per heavy atom. The minimum atomic E-state index is -1.56. The first-order valence-corrected chi connectivity index (χ1v) is 10.4. The van der Waals surface area contributed by atoms with Gasteiger partial charge in [0, 0.05) is 0 Å². The number of aliphatic carboxylic acids is 2. The van der Waals surface area contributed by atoms with Crippen LogP contribution >= 0.6 is 0 Å². The van der Waals surface area contributed by atoms with Gasteiger partial charge in [0.2, 0.25) is 17.7 Å². The quantitative estimate of drug-likeness (QED) is 0.112. The zero-order valence-electron chi connectivity index (χ0n) is 18.4. The molecule has 0 saturated carbocycles. The first-order chi connectivity index (χ1) is 15.0. The number of nitrogens with two attached hydrogens (primary N) is 2. The van der Waals surface area contributed by atoms with Crippen molar-refractivity contribution in [2.75, 3.05) is 13.2 Å². The van der Waals surface area contributed by atoms with Gasteiger partial charge in [0.15, 0.2) is 0 Å². The highest BCUT2D eigenvalue weighted by Gasteiger charge is 2.33. The number of amides is 3. The van der Waals surface area contributed by atoms with Crippen molar-refractivity contribution in [1.82, 2.24) is 16.0 Å². The average molecular weight is 462 g/mol. The second-order valence-electron chi connectivity index (χ2n) is 7.50. The van der Waals surface area contributed by atoms with E-state index >= 15 is 0 Å².